The molecule has 3 heterocycles. The van der Waals surface area contributed by atoms with E-state index in [1.54, 1.807) is 38.9 Å². The number of nitrogens with one attached hydrogen (secondary N) is 3. The summed E-state index contributed by atoms with van der Waals surface area (Å²) in [6.45, 7) is 6.49. The van der Waals surface area contributed by atoms with Gasteiger partial charge in [0, 0.05) is 32.3 Å². The molecular formula is C27H43N5O5. The van der Waals surface area contributed by atoms with Gasteiger partial charge >= 0.3 is 6.09 Å². The first-order valence-electron chi connectivity index (χ1n) is 13.9. The fourth-order valence-electron chi connectivity index (χ4n) is 6.73. The molecule has 206 valence electrons. The Hall–Kier alpha value is -2.65. The molecule has 3 saturated heterocycles. The average Bonchev–Trinajstić information content (AvgIpc) is 3.49. The highest BCUT2D eigenvalue weighted by Gasteiger charge is 2.51. The molecule has 0 aromatic rings. The number of carbonyl (C=O) groups excluding carboxylic acids is 4. The largest absolute Gasteiger partial charge is 0.444 e. The number of hydrogen-bond acceptors (Lipinski definition) is 6. The summed E-state index contributed by atoms with van der Waals surface area (Å²) in [6, 6.07) is -1.74. The van der Waals surface area contributed by atoms with Crippen LogP contribution in [0.1, 0.15) is 72.1 Å². The highest BCUT2D eigenvalue weighted by molar-refractivity contribution is 5.93. The molecule has 37 heavy (non-hydrogen) atoms. The number of hydrogen-bond donors (Lipinski definition) is 3. The lowest BCUT2D eigenvalue weighted by molar-refractivity contribution is -0.141. The first-order chi connectivity index (χ1) is 17.6. The number of aliphatic imine (C=N–C) groups is 1. The molecule has 0 aromatic heterocycles. The number of ether oxygens (including phenoxy) is 1. The lowest BCUT2D eigenvalue weighted by atomic mass is 9.85. The SMILES string of the molecule is CN=CC1C[C@@H]2C(=O)NC[C@@H]2CCCC[C@H](NC(=O)OC(C)(C)C)C(=O)N2C[C@@H]3CCC[C@@H]3[C@H]2C(=O)N1. The van der Waals surface area contributed by atoms with Crippen molar-refractivity contribution in [1.29, 1.82) is 0 Å². The van der Waals surface area contributed by atoms with Crippen LogP contribution in [-0.2, 0) is 19.1 Å². The molecular weight excluding hydrogens is 474 g/mol. The van der Waals surface area contributed by atoms with Gasteiger partial charge in [0.05, 0.1) is 6.04 Å². The van der Waals surface area contributed by atoms with E-state index < -0.39 is 23.8 Å². The maximum Gasteiger partial charge on any atom is 0.408 e. The first kappa shape index (κ1) is 27.4. The van der Waals surface area contributed by atoms with Gasteiger partial charge in [-0.05, 0) is 70.6 Å². The molecule has 3 N–H and O–H groups in total. The molecule has 0 radical (unpaired) electrons. The summed E-state index contributed by atoms with van der Waals surface area (Å²) < 4.78 is 5.45. The molecule has 0 bridgehead atoms. The van der Waals surface area contributed by atoms with Crippen molar-refractivity contribution in [1.82, 2.24) is 20.9 Å². The van der Waals surface area contributed by atoms with Crippen molar-refractivity contribution in [3.05, 3.63) is 0 Å². The maximum atomic E-state index is 13.9. The van der Waals surface area contributed by atoms with Crippen LogP contribution < -0.4 is 16.0 Å². The number of fused-ring (bicyclic) bond motifs is 4. The lowest BCUT2D eigenvalue weighted by Crippen LogP contribution is -2.56. The van der Waals surface area contributed by atoms with Gasteiger partial charge < -0.3 is 25.6 Å². The van der Waals surface area contributed by atoms with E-state index in [1.807, 2.05) is 0 Å². The molecule has 4 aliphatic rings. The molecule has 0 spiro atoms. The summed E-state index contributed by atoms with van der Waals surface area (Å²) in [5.41, 5.74) is -0.686. The topological polar surface area (TPSA) is 129 Å². The van der Waals surface area contributed by atoms with Crippen LogP contribution in [0.4, 0.5) is 4.79 Å². The van der Waals surface area contributed by atoms with Crippen molar-refractivity contribution in [3.63, 3.8) is 0 Å². The zero-order chi connectivity index (χ0) is 26.7. The molecule has 10 nitrogen and oxygen atoms in total. The fourth-order valence-corrected chi connectivity index (χ4v) is 6.73. The van der Waals surface area contributed by atoms with E-state index in [0.29, 0.717) is 25.9 Å². The van der Waals surface area contributed by atoms with Crippen LogP contribution in [0.25, 0.3) is 0 Å². The zero-order valence-corrected chi connectivity index (χ0v) is 22.6. The van der Waals surface area contributed by atoms with Gasteiger partial charge in [-0.25, -0.2) is 4.79 Å². The molecule has 4 rings (SSSR count). The Kier molecular flexibility index (Phi) is 8.43. The Morgan fingerprint density at radius 2 is 1.78 bits per heavy atom. The molecule has 4 fully saturated rings. The van der Waals surface area contributed by atoms with Crippen molar-refractivity contribution in [2.45, 2.75) is 95.9 Å². The quantitative estimate of drug-likeness (QED) is 0.483. The number of carbonyl (C=O) groups is 4. The summed E-state index contributed by atoms with van der Waals surface area (Å²) >= 11 is 0. The maximum absolute atomic E-state index is 13.9. The van der Waals surface area contributed by atoms with Crippen LogP contribution in [0, 0.1) is 23.7 Å². The Labute approximate surface area is 219 Å². The second-order valence-electron chi connectivity index (χ2n) is 12.1. The van der Waals surface area contributed by atoms with E-state index in [1.165, 1.54) is 0 Å². The predicted octanol–water partition coefficient (Wildman–Crippen LogP) is 2.02. The third-order valence-corrected chi connectivity index (χ3v) is 8.36. The predicted molar refractivity (Wildman–Crippen MR) is 139 cm³/mol. The van der Waals surface area contributed by atoms with Crippen LogP contribution in [0.5, 0.6) is 0 Å². The minimum absolute atomic E-state index is 0.0267. The Balaban J connectivity index is 1.61. The van der Waals surface area contributed by atoms with Crippen molar-refractivity contribution in [2.24, 2.45) is 28.7 Å². The first-order valence-corrected chi connectivity index (χ1v) is 13.9. The number of amides is 4. The van der Waals surface area contributed by atoms with Crippen LogP contribution in [0.2, 0.25) is 0 Å². The molecule has 10 heteroatoms. The molecule has 4 amide bonds. The molecule has 1 aliphatic carbocycles. The normalized spacial score (nSPS) is 35.3. The van der Waals surface area contributed by atoms with Crippen molar-refractivity contribution < 1.29 is 23.9 Å². The number of rotatable bonds is 2. The van der Waals surface area contributed by atoms with E-state index in [0.717, 1.165) is 38.5 Å². The summed E-state index contributed by atoms with van der Waals surface area (Å²) in [4.78, 5) is 58.8. The lowest BCUT2D eigenvalue weighted by Gasteiger charge is -2.32. The summed E-state index contributed by atoms with van der Waals surface area (Å²) in [7, 11) is 1.66. The molecule has 1 unspecified atom stereocenters. The summed E-state index contributed by atoms with van der Waals surface area (Å²) in [5, 5.41) is 8.92. The highest BCUT2D eigenvalue weighted by atomic mass is 16.6. The number of nitrogens with zero attached hydrogens (tertiary/aromatic N) is 2. The third kappa shape index (κ3) is 6.44. The van der Waals surface area contributed by atoms with Gasteiger partial charge in [0.25, 0.3) is 0 Å². The van der Waals surface area contributed by atoms with Gasteiger partial charge in [-0.2, -0.15) is 0 Å². The van der Waals surface area contributed by atoms with Crippen molar-refractivity contribution in [2.75, 3.05) is 20.1 Å². The molecule has 1 saturated carbocycles. The van der Waals surface area contributed by atoms with Gasteiger partial charge in [0.15, 0.2) is 0 Å². The van der Waals surface area contributed by atoms with E-state index in [2.05, 4.69) is 20.9 Å². The van der Waals surface area contributed by atoms with Crippen LogP contribution in [0.15, 0.2) is 4.99 Å². The van der Waals surface area contributed by atoms with Gasteiger partial charge in [-0.15, -0.1) is 0 Å². The zero-order valence-electron chi connectivity index (χ0n) is 22.6. The van der Waals surface area contributed by atoms with E-state index in [-0.39, 0.29) is 47.4 Å². The Bertz CT molecular complexity index is 915. The van der Waals surface area contributed by atoms with Crippen molar-refractivity contribution >= 4 is 30.0 Å². The van der Waals surface area contributed by atoms with E-state index in [4.69, 9.17) is 4.74 Å². The van der Waals surface area contributed by atoms with E-state index >= 15 is 0 Å². The monoisotopic (exact) mass is 517 g/mol. The summed E-state index contributed by atoms with van der Waals surface area (Å²) in [6.07, 6.45) is 7.36. The Morgan fingerprint density at radius 1 is 1.05 bits per heavy atom. The van der Waals surface area contributed by atoms with Crippen LogP contribution >= 0.6 is 0 Å². The summed E-state index contributed by atoms with van der Waals surface area (Å²) in [5.74, 6) is -0.0392. The average molecular weight is 518 g/mol. The Morgan fingerprint density at radius 3 is 2.51 bits per heavy atom. The van der Waals surface area contributed by atoms with Crippen LogP contribution in [0.3, 0.4) is 0 Å². The molecule has 0 aromatic carbocycles. The van der Waals surface area contributed by atoms with E-state index in [9.17, 15) is 19.2 Å². The third-order valence-electron chi connectivity index (χ3n) is 8.36. The number of alkyl carbamates (subject to hydrolysis) is 1. The molecule has 7 atom stereocenters. The minimum atomic E-state index is -0.765. The van der Waals surface area contributed by atoms with Gasteiger partial charge in [-0.3, -0.25) is 19.4 Å². The van der Waals surface area contributed by atoms with Gasteiger partial charge in [0.2, 0.25) is 17.7 Å². The highest BCUT2D eigenvalue weighted by Crippen LogP contribution is 2.43. The van der Waals surface area contributed by atoms with Crippen LogP contribution in [-0.4, -0.2) is 78.8 Å². The van der Waals surface area contributed by atoms with Gasteiger partial charge in [-0.1, -0.05) is 19.3 Å². The second-order valence-corrected chi connectivity index (χ2v) is 12.1. The standard InChI is InChI=1S/C27H43N5O5/c1-27(2,3)37-26(36)31-21-11-6-5-8-16-13-29-23(33)20(16)12-18(14-28-4)30-24(34)22-19-10-7-9-17(19)15-32(22)25(21)35/h14,16-22H,5-13,15H2,1-4H3,(H,29,33)(H,30,34)(H,31,36)/t16-,17-,18?,19-,20-,21-,22-/m0/s1. The minimum Gasteiger partial charge on any atom is -0.444 e. The fraction of sp³-hybridized carbons (Fsp3) is 0.815. The smallest absolute Gasteiger partial charge is 0.408 e. The second kappa shape index (κ2) is 11.4. The van der Waals surface area contributed by atoms with Gasteiger partial charge in [0.1, 0.15) is 17.7 Å². The molecule has 3 aliphatic heterocycles. The van der Waals surface area contributed by atoms with Crippen molar-refractivity contribution in [3.8, 4) is 0 Å².